The second-order valence-corrected chi connectivity index (χ2v) is 5.79. The van der Waals surface area contributed by atoms with Crippen molar-refractivity contribution in [1.82, 2.24) is 0 Å². The Bertz CT molecular complexity index is 287. The normalized spacial score (nSPS) is 13.9. The standard InChI is InChI=1S/C15H24/c1-12-6-9-14(10-7-12)11-8-13(2)15(3,4)5/h6-7,9-10,13H,8,11H2,1-5H3. The van der Waals surface area contributed by atoms with Crippen LogP contribution < -0.4 is 0 Å². The van der Waals surface area contributed by atoms with Crippen LogP contribution in [-0.2, 0) is 6.42 Å². The molecule has 1 atom stereocenters. The van der Waals surface area contributed by atoms with Gasteiger partial charge in [-0.2, -0.15) is 0 Å². The molecule has 0 radical (unpaired) electrons. The first-order valence-electron chi connectivity index (χ1n) is 5.95. The minimum absolute atomic E-state index is 0.435. The smallest absolute Gasteiger partial charge is 0.0276 e. The van der Waals surface area contributed by atoms with Crippen LogP contribution in [0.15, 0.2) is 24.3 Å². The first-order valence-corrected chi connectivity index (χ1v) is 5.95. The van der Waals surface area contributed by atoms with Crippen LogP contribution in [-0.4, -0.2) is 0 Å². The second kappa shape index (κ2) is 4.83. The van der Waals surface area contributed by atoms with E-state index in [0.29, 0.717) is 5.41 Å². The van der Waals surface area contributed by atoms with Crippen molar-refractivity contribution in [3.05, 3.63) is 35.4 Å². The number of hydrogen-bond acceptors (Lipinski definition) is 0. The molecule has 0 aliphatic carbocycles. The topological polar surface area (TPSA) is 0 Å². The van der Waals surface area contributed by atoms with E-state index in [-0.39, 0.29) is 0 Å². The summed E-state index contributed by atoms with van der Waals surface area (Å²) in [6.45, 7) is 11.5. The zero-order chi connectivity index (χ0) is 11.5. The Balaban J connectivity index is 2.47. The SMILES string of the molecule is Cc1ccc(CCC(C)C(C)(C)C)cc1. The van der Waals surface area contributed by atoms with Gasteiger partial charge in [0.25, 0.3) is 0 Å². The van der Waals surface area contributed by atoms with Crippen molar-refractivity contribution < 1.29 is 0 Å². The van der Waals surface area contributed by atoms with Crippen LogP contribution in [0.2, 0.25) is 0 Å². The van der Waals surface area contributed by atoms with E-state index in [1.54, 1.807) is 0 Å². The zero-order valence-electron chi connectivity index (χ0n) is 10.8. The fourth-order valence-electron chi connectivity index (χ4n) is 1.57. The molecule has 1 unspecified atom stereocenters. The van der Waals surface area contributed by atoms with Crippen LogP contribution >= 0.6 is 0 Å². The number of rotatable bonds is 3. The van der Waals surface area contributed by atoms with Gasteiger partial charge in [-0.05, 0) is 36.7 Å². The van der Waals surface area contributed by atoms with Crippen molar-refractivity contribution in [3.63, 3.8) is 0 Å². The molecule has 0 bridgehead atoms. The molecule has 0 heterocycles. The average Bonchev–Trinajstić information content (AvgIpc) is 2.15. The van der Waals surface area contributed by atoms with Crippen LogP contribution in [0, 0.1) is 18.3 Å². The van der Waals surface area contributed by atoms with Gasteiger partial charge < -0.3 is 0 Å². The highest BCUT2D eigenvalue weighted by Crippen LogP contribution is 2.29. The third kappa shape index (κ3) is 4.07. The number of hydrogen-bond donors (Lipinski definition) is 0. The monoisotopic (exact) mass is 204 g/mol. The lowest BCUT2D eigenvalue weighted by atomic mass is 9.79. The maximum Gasteiger partial charge on any atom is -0.0276 e. The first-order chi connectivity index (χ1) is 6.89. The van der Waals surface area contributed by atoms with Gasteiger partial charge >= 0.3 is 0 Å². The Labute approximate surface area is 94.7 Å². The predicted molar refractivity (Wildman–Crippen MR) is 68.1 cm³/mol. The summed E-state index contributed by atoms with van der Waals surface area (Å²) in [6.07, 6.45) is 2.49. The number of aryl methyl sites for hydroxylation is 2. The molecule has 0 spiro atoms. The van der Waals surface area contributed by atoms with Gasteiger partial charge in [-0.15, -0.1) is 0 Å². The molecule has 0 saturated heterocycles. The Hall–Kier alpha value is -0.780. The molecule has 1 rings (SSSR count). The second-order valence-electron chi connectivity index (χ2n) is 5.79. The molecular weight excluding hydrogens is 180 g/mol. The molecule has 0 amide bonds. The van der Waals surface area contributed by atoms with Crippen molar-refractivity contribution in [3.8, 4) is 0 Å². The minimum atomic E-state index is 0.435. The van der Waals surface area contributed by atoms with Gasteiger partial charge in [0.15, 0.2) is 0 Å². The van der Waals surface area contributed by atoms with Crippen LogP contribution in [0.25, 0.3) is 0 Å². The Morgan fingerprint density at radius 2 is 1.60 bits per heavy atom. The Morgan fingerprint density at radius 1 is 1.07 bits per heavy atom. The molecular formula is C15H24. The van der Waals surface area contributed by atoms with Gasteiger partial charge in [-0.1, -0.05) is 57.5 Å². The Kier molecular flexibility index (Phi) is 3.96. The number of benzene rings is 1. The van der Waals surface area contributed by atoms with E-state index in [0.717, 1.165) is 5.92 Å². The maximum absolute atomic E-state index is 2.36. The zero-order valence-corrected chi connectivity index (χ0v) is 10.8. The quantitative estimate of drug-likeness (QED) is 0.674. The fourth-order valence-corrected chi connectivity index (χ4v) is 1.57. The third-order valence-electron chi connectivity index (χ3n) is 3.47. The molecule has 0 fully saturated rings. The highest BCUT2D eigenvalue weighted by atomic mass is 14.2. The maximum atomic E-state index is 2.36. The molecule has 0 aromatic heterocycles. The van der Waals surface area contributed by atoms with Crippen molar-refractivity contribution in [2.24, 2.45) is 11.3 Å². The van der Waals surface area contributed by atoms with Gasteiger partial charge in [0.05, 0.1) is 0 Å². The van der Waals surface area contributed by atoms with Crippen LogP contribution in [0.5, 0.6) is 0 Å². The summed E-state index contributed by atoms with van der Waals surface area (Å²) >= 11 is 0. The van der Waals surface area contributed by atoms with Gasteiger partial charge in [-0.3, -0.25) is 0 Å². The van der Waals surface area contributed by atoms with E-state index in [1.807, 2.05) is 0 Å². The van der Waals surface area contributed by atoms with E-state index in [9.17, 15) is 0 Å². The van der Waals surface area contributed by atoms with Crippen molar-refractivity contribution in [1.29, 1.82) is 0 Å². The van der Waals surface area contributed by atoms with Gasteiger partial charge in [-0.25, -0.2) is 0 Å². The highest BCUT2D eigenvalue weighted by Gasteiger charge is 2.19. The van der Waals surface area contributed by atoms with Crippen molar-refractivity contribution in [2.75, 3.05) is 0 Å². The summed E-state index contributed by atoms with van der Waals surface area (Å²) < 4.78 is 0. The van der Waals surface area contributed by atoms with E-state index >= 15 is 0 Å². The summed E-state index contributed by atoms with van der Waals surface area (Å²) in [5.74, 6) is 0.777. The summed E-state index contributed by atoms with van der Waals surface area (Å²) in [7, 11) is 0. The van der Waals surface area contributed by atoms with Crippen LogP contribution in [0.4, 0.5) is 0 Å². The lowest BCUT2D eigenvalue weighted by molar-refractivity contribution is 0.247. The first kappa shape index (κ1) is 12.3. The fraction of sp³-hybridized carbons (Fsp3) is 0.600. The molecule has 0 N–H and O–H groups in total. The molecule has 1 aromatic carbocycles. The van der Waals surface area contributed by atoms with E-state index in [1.165, 1.54) is 24.0 Å². The summed E-state index contributed by atoms with van der Waals surface area (Å²) in [6, 6.07) is 8.92. The summed E-state index contributed by atoms with van der Waals surface area (Å²) in [4.78, 5) is 0. The predicted octanol–water partition coefficient (Wildman–Crippen LogP) is 4.61. The van der Waals surface area contributed by atoms with E-state index in [4.69, 9.17) is 0 Å². The molecule has 0 heteroatoms. The van der Waals surface area contributed by atoms with Gasteiger partial charge in [0, 0.05) is 0 Å². The molecule has 15 heavy (non-hydrogen) atoms. The van der Waals surface area contributed by atoms with Crippen molar-refractivity contribution >= 4 is 0 Å². The van der Waals surface area contributed by atoms with Gasteiger partial charge in [0.2, 0.25) is 0 Å². The lowest BCUT2D eigenvalue weighted by Gasteiger charge is -2.27. The molecule has 84 valence electrons. The Morgan fingerprint density at radius 3 is 2.07 bits per heavy atom. The average molecular weight is 204 g/mol. The largest absolute Gasteiger partial charge is 0.0620 e. The lowest BCUT2D eigenvalue weighted by Crippen LogP contribution is -2.17. The van der Waals surface area contributed by atoms with Gasteiger partial charge in [0.1, 0.15) is 0 Å². The van der Waals surface area contributed by atoms with E-state index < -0.39 is 0 Å². The van der Waals surface area contributed by atoms with E-state index in [2.05, 4.69) is 58.9 Å². The molecule has 0 aliphatic heterocycles. The third-order valence-corrected chi connectivity index (χ3v) is 3.47. The molecule has 1 aromatic rings. The summed E-state index contributed by atoms with van der Waals surface area (Å²) in [5, 5.41) is 0. The van der Waals surface area contributed by atoms with Crippen molar-refractivity contribution in [2.45, 2.75) is 47.5 Å². The highest BCUT2D eigenvalue weighted by molar-refractivity contribution is 5.21. The molecule has 0 aliphatic rings. The van der Waals surface area contributed by atoms with Crippen LogP contribution in [0.3, 0.4) is 0 Å². The summed E-state index contributed by atoms with van der Waals surface area (Å²) in [5.41, 5.74) is 3.25. The van der Waals surface area contributed by atoms with Crippen LogP contribution in [0.1, 0.15) is 45.2 Å². The molecule has 0 saturated carbocycles. The molecule has 0 nitrogen and oxygen atoms in total. The minimum Gasteiger partial charge on any atom is -0.0620 e.